The third-order valence-corrected chi connectivity index (χ3v) is 3.52. The zero-order valence-electron chi connectivity index (χ0n) is 12.8. The summed E-state index contributed by atoms with van der Waals surface area (Å²) < 4.78 is 0. The lowest BCUT2D eigenvalue weighted by Crippen LogP contribution is -2.00. The Labute approximate surface area is 143 Å². The second-order valence-corrected chi connectivity index (χ2v) is 5.09. The van der Waals surface area contributed by atoms with Gasteiger partial charge in [0, 0.05) is 23.6 Å². The molecule has 0 aliphatic rings. The molecule has 2 N–H and O–H groups in total. The van der Waals surface area contributed by atoms with Gasteiger partial charge in [-0.05, 0) is 12.1 Å². The second-order valence-electron chi connectivity index (χ2n) is 5.09. The summed E-state index contributed by atoms with van der Waals surface area (Å²) in [6.07, 6.45) is 0. The van der Waals surface area contributed by atoms with Gasteiger partial charge in [0.2, 0.25) is 5.88 Å². The van der Waals surface area contributed by atoms with Crippen molar-refractivity contribution in [1.82, 2.24) is 4.98 Å². The van der Waals surface area contributed by atoms with Crippen LogP contribution in [-0.2, 0) is 0 Å². The lowest BCUT2D eigenvalue weighted by molar-refractivity contribution is -0.385. The Kier molecular flexibility index (Phi) is 4.11. The van der Waals surface area contributed by atoms with Crippen LogP contribution in [0.25, 0.3) is 10.9 Å². The van der Waals surface area contributed by atoms with E-state index in [0.29, 0.717) is 5.52 Å². The summed E-state index contributed by atoms with van der Waals surface area (Å²) in [5, 5.41) is 38.9. The van der Waals surface area contributed by atoms with Crippen LogP contribution in [0.3, 0.4) is 0 Å². The lowest BCUT2D eigenvalue weighted by atomic mass is 10.2. The summed E-state index contributed by atoms with van der Waals surface area (Å²) in [6, 6.07) is 8.97. The normalized spacial score (nSPS) is 11.1. The van der Waals surface area contributed by atoms with Crippen molar-refractivity contribution in [1.29, 1.82) is 0 Å². The van der Waals surface area contributed by atoms with Crippen LogP contribution in [0.15, 0.2) is 52.7 Å². The largest absolute Gasteiger partial charge is 0.493 e. The number of aromatic amines is 1. The molecule has 0 unspecified atom stereocenters. The number of rotatable bonds is 4. The molecule has 0 atom stereocenters. The summed E-state index contributed by atoms with van der Waals surface area (Å²) >= 11 is 0. The summed E-state index contributed by atoms with van der Waals surface area (Å²) in [5.74, 6) is -1.43. The number of H-pyrrole nitrogens is 1. The van der Waals surface area contributed by atoms with Crippen LogP contribution < -0.4 is 0 Å². The molecule has 0 spiro atoms. The number of non-ortho nitro benzene ring substituents is 1. The number of aromatic hydroxyl groups is 1. The Morgan fingerprint density at radius 2 is 1.81 bits per heavy atom. The molecule has 1 amide bonds. The number of carbonyl (C=O) groups excluding carboxylic acids is 1. The second kappa shape index (κ2) is 6.39. The van der Waals surface area contributed by atoms with Crippen LogP contribution in [0.5, 0.6) is 5.88 Å². The number of aromatic nitrogens is 1. The van der Waals surface area contributed by atoms with E-state index in [9.17, 15) is 30.1 Å². The minimum atomic E-state index is -0.989. The van der Waals surface area contributed by atoms with Gasteiger partial charge in [-0.3, -0.25) is 25.0 Å². The first-order chi connectivity index (χ1) is 12.4. The van der Waals surface area contributed by atoms with Gasteiger partial charge in [0.25, 0.3) is 11.4 Å². The molecule has 0 saturated heterocycles. The van der Waals surface area contributed by atoms with Crippen molar-refractivity contribution in [2.75, 3.05) is 0 Å². The molecular weight excluding hydrogens is 346 g/mol. The highest BCUT2D eigenvalue weighted by atomic mass is 16.6. The van der Waals surface area contributed by atoms with Crippen molar-refractivity contribution in [3.05, 3.63) is 68.3 Å². The van der Waals surface area contributed by atoms with E-state index >= 15 is 0 Å². The number of para-hydroxylation sites is 1. The minimum absolute atomic E-state index is 0.177. The quantitative estimate of drug-likeness (QED) is 0.412. The fourth-order valence-electron chi connectivity index (χ4n) is 2.33. The summed E-state index contributed by atoms with van der Waals surface area (Å²) in [4.78, 5) is 35.2. The van der Waals surface area contributed by atoms with Crippen LogP contribution in [0, 0.1) is 20.2 Å². The van der Waals surface area contributed by atoms with Crippen molar-refractivity contribution in [2.24, 2.45) is 10.2 Å². The summed E-state index contributed by atoms with van der Waals surface area (Å²) in [7, 11) is 0. The number of nitro groups is 2. The van der Waals surface area contributed by atoms with E-state index in [4.69, 9.17) is 0 Å². The first-order valence-electron chi connectivity index (χ1n) is 7.07. The van der Waals surface area contributed by atoms with E-state index in [1.54, 1.807) is 0 Å². The molecule has 3 rings (SSSR count). The number of fused-ring (bicyclic) bond motifs is 1. The van der Waals surface area contributed by atoms with Crippen molar-refractivity contribution >= 4 is 33.9 Å². The van der Waals surface area contributed by atoms with Crippen molar-refractivity contribution < 1.29 is 19.7 Å². The predicted molar refractivity (Wildman–Crippen MR) is 88.6 cm³/mol. The highest BCUT2D eigenvalue weighted by molar-refractivity contribution is 5.99. The smallest absolute Gasteiger partial charge is 0.302 e. The lowest BCUT2D eigenvalue weighted by Gasteiger charge is -1.97. The average molecular weight is 355 g/mol. The van der Waals surface area contributed by atoms with Crippen LogP contribution >= 0.6 is 0 Å². The SMILES string of the molecule is O=C(N=Nc1c(O)[nH]c2ccc([N+](=O)[O-])cc12)c1ccccc1[N+](=O)[O-]. The Bertz CT molecular complexity index is 1090. The van der Waals surface area contributed by atoms with E-state index in [1.165, 1.54) is 30.3 Å². The molecule has 0 bridgehead atoms. The maximum absolute atomic E-state index is 12.1. The Balaban J connectivity index is 2.02. The number of nitrogens with one attached hydrogen (secondary N) is 1. The number of hydrogen-bond acceptors (Lipinski definition) is 7. The van der Waals surface area contributed by atoms with Crippen molar-refractivity contribution in [2.45, 2.75) is 0 Å². The molecule has 0 saturated carbocycles. The number of carbonyl (C=O) groups is 1. The fourth-order valence-corrected chi connectivity index (χ4v) is 2.33. The maximum atomic E-state index is 12.1. The van der Waals surface area contributed by atoms with E-state index in [-0.39, 0.29) is 22.3 Å². The molecule has 1 aromatic heterocycles. The van der Waals surface area contributed by atoms with Crippen molar-refractivity contribution in [3.63, 3.8) is 0 Å². The predicted octanol–water partition coefficient (Wildman–Crippen LogP) is 3.61. The van der Waals surface area contributed by atoms with Gasteiger partial charge in [-0.2, -0.15) is 0 Å². The molecule has 0 aliphatic heterocycles. The number of amides is 1. The number of nitro benzene ring substituents is 2. The van der Waals surface area contributed by atoms with Gasteiger partial charge in [0.05, 0.1) is 15.4 Å². The standard InChI is InChI=1S/C15H9N5O6/c21-14(9-3-1-2-4-12(9)20(25)26)18-17-13-10-7-8(19(23)24)5-6-11(10)16-15(13)22/h1-7,16,22H. The highest BCUT2D eigenvalue weighted by Crippen LogP contribution is 2.37. The Hall–Kier alpha value is -4.15. The van der Waals surface area contributed by atoms with Gasteiger partial charge < -0.3 is 10.1 Å². The molecule has 1 heterocycles. The number of azo groups is 1. The molecule has 11 nitrogen and oxygen atoms in total. The Morgan fingerprint density at radius 1 is 1.08 bits per heavy atom. The third kappa shape index (κ3) is 2.96. The topological polar surface area (TPSA) is 164 Å². The van der Waals surface area contributed by atoms with Gasteiger partial charge in [-0.25, -0.2) is 0 Å². The van der Waals surface area contributed by atoms with Crippen LogP contribution in [0.4, 0.5) is 17.1 Å². The van der Waals surface area contributed by atoms with Crippen LogP contribution in [-0.4, -0.2) is 25.8 Å². The number of nitrogens with zero attached hydrogens (tertiary/aromatic N) is 4. The maximum Gasteiger partial charge on any atom is 0.302 e. The zero-order chi connectivity index (χ0) is 18.8. The molecule has 26 heavy (non-hydrogen) atoms. The summed E-state index contributed by atoms with van der Waals surface area (Å²) in [5.41, 5.74) is -0.782. The van der Waals surface area contributed by atoms with Crippen molar-refractivity contribution in [3.8, 4) is 5.88 Å². The minimum Gasteiger partial charge on any atom is -0.493 e. The number of benzene rings is 2. The molecule has 3 aromatic rings. The zero-order valence-corrected chi connectivity index (χ0v) is 12.8. The van der Waals surface area contributed by atoms with Gasteiger partial charge in [-0.1, -0.05) is 12.1 Å². The molecule has 130 valence electrons. The summed E-state index contributed by atoms with van der Waals surface area (Å²) in [6.45, 7) is 0. The Morgan fingerprint density at radius 3 is 2.50 bits per heavy atom. The van der Waals surface area contributed by atoms with E-state index < -0.39 is 27.3 Å². The third-order valence-electron chi connectivity index (χ3n) is 3.52. The monoisotopic (exact) mass is 355 g/mol. The van der Waals surface area contributed by atoms with Gasteiger partial charge in [0.15, 0.2) is 5.69 Å². The van der Waals surface area contributed by atoms with Crippen LogP contribution in [0.2, 0.25) is 0 Å². The van der Waals surface area contributed by atoms with Gasteiger partial charge >= 0.3 is 5.91 Å². The van der Waals surface area contributed by atoms with Gasteiger partial charge in [-0.15, -0.1) is 10.2 Å². The van der Waals surface area contributed by atoms with E-state index in [0.717, 1.165) is 12.1 Å². The molecule has 11 heteroatoms. The molecular formula is C15H9N5O6. The number of hydrogen-bond donors (Lipinski definition) is 2. The highest BCUT2D eigenvalue weighted by Gasteiger charge is 2.20. The molecule has 2 aromatic carbocycles. The van der Waals surface area contributed by atoms with Crippen LogP contribution in [0.1, 0.15) is 10.4 Å². The molecule has 0 fully saturated rings. The first-order valence-corrected chi connectivity index (χ1v) is 7.07. The molecule has 0 radical (unpaired) electrons. The molecule has 0 aliphatic carbocycles. The van der Waals surface area contributed by atoms with Gasteiger partial charge in [0.1, 0.15) is 5.56 Å². The first kappa shape index (κ1) is 16.7. The van der Waals surface area contributed by atoms with E-state index in [2.05, 4.69) is 15.2 Å². The van der Waals surface area contributed by atoms with E-state index in [1.807, 2.05) is 0 Å². The fraction of sp³-hybridized carbons (Fsp3) is 0. The average Bonchev–Trinajstić information content (AvgIpc) is 2.93.